The van der Waals surface area contributed by atoms with E-state index in [0.29, 0.717) is 5.56 Å². The van der Waals surface area contributed by atoms with Crippen LogP contribution in [0.4, 0.5) is 4.39 Å². The molecule has 96 valence electrons. The third-order valence-electron chi connectivity index (χ3n) is 2.28. The molecule has 0 aliphatic carbocycles. The summed E-state index contributed by atoms with van der Waals surface area (Å²) in [5.74, 6) is -2.40. The first-order chi connectivity index (χ1) is 8.49. The molecule has 18 heavy (non-hydrogen) atoms. The van der Waals surface area contributed by atoms with Crippen LogP contribution in [0, 0.1) is 11.7 Å². The molecular formula is C13H14FNO3. The summed E-state index contributed by atoms with van der Waals surface area (Å²) in [7, 11) is 0. The second-order valence-electron chi connectivity index (χ2n) is 3.87. The molecule has 1 amide bonds. The number of amides is 1. The van der Waals surface area contributed by atoms with Gasteiger partial charge in [0.1, 0.15) is 5.82 Å². The fourth-order valence-corrected chi connectivity index (χ4v) is 1.18. The van der Waals surface area contributed by atoms with E-state index in [1.165, 1.54) is 31.2 Å². The maximum absolute atomic E-state index is 12.8. The van der Waals surface area contributed by atoms with E-state index in [4.69, 9.17) is 5.11 Å². The van der Waals surface area contributed by atoms with Crippen molar-refractivity contribution in [3.05, 3.63) is 41.7 Å². The van der Waals surface area contributed by atoms with Crippen molar-refractivity contribution in [1.29, 1.82) is 0 Å². The zero-order valence-corrected chi connectivity index (χ0v) is 9.89. The predicted octanol–water partition coefficient (Wildman–Crippen LogP) is 1.68. The van der Waals surface area contributed by atoms with Gasteiger partial charge in [0.05, 0.1) is 5.92 Å². The Labute approximate surface area is 104 Å². The topological polar surface area (TPSA) is 66.4 Å². The molecule has 0 aliphatic heterocycles. The molecule has 1 aromatic carbocycles. The maximum atomic E-state index is 12.8. The third kappa shape index (κ3) is 4.78. The van der Waals surface area contributed by atoms with E-state index in [1.807, 2.05) is 0 Å². The Bertz CT molecular complexity index is 471. The quantitative estimate of drug-likeness (QED) is 0.782. The van der Waals surface area contributed by atoms with Crippen molar-refractivity contribution in [2.24, 2.45) is 5.92 Å². The highest BCUT2D eigenvalue weighted by Gasteiger charge is 2.10. The summed E-state index contributed by atoms with van der Waals surface area (Å²) in [6.07, 6.45) is 2.70. The summed E-state index contributed by atoms with van der Waals surface area (Å²) in [4.78, 5) is 21.9. The van der Waals surface area contributed by atoms with Crippen LogP contribution in [0.2, 0.25) is 0 Å². The van der Waals surface area contributed by atoms with Crippen LogP contribution >= 0.6 is 0 Å². The number of rotatable bonds is 5. The average Bonchev–Trinajstić information content (AvgIpc) is 2.33. The molecule has 0 aromatic heterocycles. The Morgan fingerprint density at radius 1 is 1.50 bits per heavy atom. The average molecular weight is 251 g/mol. The Morgan fingerprint density at radius 2 is 2.22 bits per heavy atom. The third-order valence-corrected chi connectivity index (χ3v) is 2.28. The number of benzene rings is 1. The van der Waals surface area contributed by atoms with E-state index in [0.717, 1.165) is 0 Å². The molecule has 1 rings (SSSR count). The summed E-state index contributed by atoms with van der Waals surface area (Å²) in [6, 6.07) is 5.81. The van der Waals surface area contributed by atoms with Crippen LogP contribution in [0.1, 0.15) is 12.5 Å². The van der Waals surface area contributed by atoms with Gasteiger partial charge in [0.25, 0.3) is 0 Å². The van der Waals surface area contributed by atoms with E-state index in [-0.39, 0.29) is 12.4 Å². The largest absolute Gasteiger partial charge is 0.481 e. The van der Waals surface area contributed by atoms with E-state index in [2.05, 4.69) is 5.32 Å². The summed E-state index contributed by atoms with van der Waals surface area (Å²) in [5.41, 5.74) is 0.566. The summed E-state index contributed by atoms with van der Waals surface area (Å²) >= 11 is 0. The molecule has 0 radical (unpaired) electrons. The van der Waals surface area contributed by atoms with Gasteiger partial charge >= 0.3 is 5.97 Å². The van der Waals surface area contributed by atoms with Crippen molar-refractivity contribution >= 4 is 18.0 Å². The maximum Gasteiger partial charge on any atom is 0.308 e. The molecule has 5 heteroatoms. The lowest BCUT2D eigenvalue weighted by Gasteiger charge is -2.05. The van der Waals surface area contributed by atoms with Crippen molar-refractivity contribution < 1.29 is 19.1 Å². The first-order valence-corrected chi connectivity index (χ1v) is 5.43. The molecule has 1 atom stereocenters. The molecule has 1 aromatic rings. The van der Waals surface area contributed by atoms with Crippen LogP contribution in [0.15, 0.2) is 30.3 Å². The highest BCUT2D eigenvalue weighted by molar-refractivity contribution is 5.91. The number of carbonyl (C=O) groups excluding carboxylic acids is 1. The number of aliphatic carboxylic acids is 1. The minimum Gasteiger partial charge on any atom is -0.481 e. The SMILES string of the molecule is CC(CNC(=O)/C=C/c1cccc(F)c1)C(=O)O. The molecule has 2 N–H and O–H groups in total. The number of halogens is 1. The number of carboxylic acids is 1. The zero-order chi connectivity index (χ0) is 13.5. The lowest BCUT2D eigenvalue weighted by molar-refractivity contribution is -0.141. The van der Waals surface area contributed by atoms with Crippen LogP contribution in [0.3, 0.4) is 0 Å². The molecular weight excluding hydrogens is 237 g/mol. The first-order valence-electron chi connectivity index (χ1n) is 5.43. The predicted molar refractivity (Wildman–Crippen MR) is 65.2 cm³/mol. The Kier molecular flexibility index (Phi) is 5.05. The van der Waals surface area contributed by atoms with Gasteiger partial charge in [-0.2, -0.15) is 0 Å². The second-order valence-corrected chi connectivity index (χ2v) is 3.87. The van der Waals surface area contributed by atoms with Gasteiger partial charge < -0.3 is 10.4 Å². The normalized spacial score (nSPS) is 12.3. The summed E-state index contributed by atoms with van der Waals surface area (Å²) in [6.45, 7) is 1.56. The van der Waals surface area contributed by atoms with Crippen LogP contribution in [0.25, 0.3) is 6.08 Å². The van der Waals surface area contributed by atoms with Crippen molar-refractivity contribution in [2.75, 3.05) is 6.54 Å². The van der Waals surface area contributed by atoms with Crippen molar-refractivity contribution in [3.63, 3.8) is 0 Å². The first kappa shape index (κ1) is 13.9. The van der Waals surface area contributed by atoms with Gasteiger partial charge in [-0.05, 0) is 23.8 Å². The fraction of sp³-hybridized carbons (Fsp3) is 0.231. The van der Waals surface area contributed by atoms with Gasteiger partial charge in [-0.15, -0.1) is 0 Å². The zero-order valence-electron chi connectivity index (χ0n) is 9.89. The monoisotopic (exact) mass is 251 g/mol. The van der Waals surface area contributed by atoms with Gasteiger partial charge in [0, 0.05) is 12.6 Å². The summed E-state index contributed by atoms with van der Waals surface area (Å²) in [5, 5.41) is 11.1. The highest BCUT2D eigenvalue weighted by Crippen LogP contribution is 2.05. The number of hydrogen-bond donors (Lipinski definition) is 2. The van der Waals surface area contributed by atoms with Gasteiger partial charge in [-0.25, -0.2) is 4.39 Å². The Morgan fingerprint density at radius 3 is 2.83 bits per heavy atom. The lowest BCUT2D eigenvalue weighted by atomic mass is 10.2. The number of carboxylic acid groups (broad SMARTS) is 1. The second kappa shape index (κ2) is 6.54. The molecule has 0 saturated heterocycles. The lowest BCUT2D eigenvalue weighted by Crippen LogP contribution is -2.30. The Balaban J connectivity index is 2.47. The van der Waals surface area contributed by atoms with Gasteiger partial charge in [-0.1, -0.05) is 19.1 Å². The highest BCUT2D eigenvalue weighted by atomic mass is 19.1. The fourth-order valence-electron chi connectivity index (χ4n) is 1.18. The molecule has 0 aliphatic rings. The van der Waals surface area contributed by atoms with Crippen LogP contribution in [-0.2, 0) is 9.59 Å². The van der Waals surface area contributed by atoms with E-state index in [9.17, 15) is 14.0 Å². The standard InChI is InChI=1S/C13H14FNO3/c1-9(13(17)18)8-15-12(16)6-5-10-3-2-4-11(14)7-10/h2-7,9H,8H2,1H3,(H,15,16)(H,17,18)/b6-5+. The minimum atomic E-state index is -0.968. The molecule has 0 spiro atoms. The van der Waals surface area contributed by atoms with Crippen molar-refractivity contribution in [1.82, 2.24) is 5.32 Å². The molecule has 0 heterocycles. The summed E-state index contributed by atoms with van der Waals surface area (Å²) < 4.78 is 12.8. The van der Waals surface area contributed by atoms with Gasteiger partial charge in [0.15, 0.2) is 0 Å². The van der Waals surface area contributed by atoms with Gasteiger partial charge in [-0.3, -0.25) is 9.59 Å². The van der Waals surface area contributed by atoms with Crippen LogP contribution < -0.4 is 5.32 Å². The number of nitrogens with one attached hydrogen (secondary N) is 1. The van der Waals surface area contributed by atoms with E-state index in [1.54, 1.807) is 12.1 Å². The Hall–Kier alpha value is -2.17. The van der Waals surface area contributed by atoms with E-state index < -0.39 is 17.8 Å². The van der Waals surface area contributed by atoms with Gasteiger partial charge in [0.2, 0.25) is 5.91 Å². The van der Waals surface area contributed by atoms with Crippen LogP contribution in [0.5, 0.6) is 0 Å². The molecule has 0 saturated carbocycles. The minimum absolute atomic E-state index is 0.0572. The smallest absolute Gasteiger partial charge is 0.308 e. The number of hydrogen-bond acceptors (Lipinski definition) is 2. The molecule has 0 bridgehead atoms. The van der Waals surface area contributed by atoms with E-state index >= 15 is 0 Å². The van der Waals surface area contributed by atoms with Crippen molar-refractivity contribution in [3.8, 4) is 0 Å². The van der Waals surface area contributed by atoms with Crippen LogP contribution in [-0.4, -0.2) is 23.5 Å². The molecule has 1 unspecified atom stereocenters. The molecule has 4 nitrogen and oxygen atoms in total. The van der Waals surface area contributed by atoms with Crippen molar-refractivity contribution in [2.45, 2.75) is 6.92 Å². The molecule has 0 fully saturated rings. The number of carbonyl (C=O) groups is 2.